The third-order valence-electron chi connectivity index (χ3n) is 2.77. The lowest BCUT2D eigenvalue weighted by molar-refractivity contribution is 0.0956. The Morgan fingerprint density at radius 1 is 1.45 bits per heavy atom. The number of anilines is 1. The van der Waals surface area contributed by atoms with Crippen molar-refractivity contribution in [1.82, 2.24) is 15.1 Å². The van der Waals surface area contributed by atoms with E-state index >= 15 is 0 Å². The SMILES string of the molecule is CCNC(=O)c1ccc(Oc2cnn(CC)c2)c(N)c1. The number of nitrogens with zero attached hydrogens (tertiary/aromatic N) is 2. The Morgan fingerprint density at radius 3 is 2.85 bits per heavy atom. The number of aromatic nitrogens is 2. The highest BCUT2D eigenvalue weighted by Crippen LogP contribution is 2.27. The molecule has 106 valence electrons. The molecule has 1 aromatic carbocycles. The van der Waals surface area contributed by atoms with E-state index in [4.69, 9.17) is 10.5 Å². The first-order valence-corrected chi connectivity index (χ1v) is 6.52. The maximum absolute atomic E-state index is 11.7. The Labute approximate surface area is 117 Å². The van der Waals surface area contributed by atoms with Gasteiger partial charge in [-0.15, -0.1) is 0 Å². The van der Waals surface area contributed by atoms with Crippen LogP contribution in [-0.2, 0) is 6.54 Å². The number of carbonyl (C=O) groups is 1. The number of hydrogen-bond acceptors (Lipinski definition) is 4. The van der Waals surface area contributed by atoms with Crippen molar-refractivity contribution in [3.8, 4) is 11.5 Å². The van der Waals surface area contributed by atoms with E-state index in [9.17, 15) is 4.79 Å². The third kappa shape index (κ3) is 3.09. The molecule has 20 heavy (non-hydrogen) atoms. The van der Waals surface area contributed by atoms with Crippen LogP contribution in [0.2, 0.25) is 0 Å². The van der Waals surface area contributed by atoms with Crippen molar-refractivity contribution in [1.29, 1.82) is 0 Å². The summed E-state index contributed by atoms with van der Waals surface area (Å²) in [4.78, 5) is 11.7. The number of nitrogens with one attached hydrogen (secondary N) is 1. The van der Waals surface area contributed by atoms with Crippen molar-refractivity contribution in [3.05, 3.63) is 36.2 Å². The molecular formula is C14H18N4O2. The minimum absolute atomic E-state index is 0.149. The average Bonchev–Trinajstić information content (AvgIpc) is 2.89. The molecule has 0 fully saturated rings. The predicted octanol–water partition coefficient (Wildman–Crippen LogP) is 2.03. The summed E-state index contributed by atoms with van der Waals surface area (Å²) < 4.78 is 7.40. The molecule has 3 N–H and O–H groups in total. The highest BCUT2D eigenvalue weighted by Gasteiger charge is 2.09. The summed E-state index contributed by atoms with van der Waals surface area (Å²) in [6.07, 6.45) is 3.41. The standard InChI is InChI=1S/C14H18N4O2/c1-3-16-14(19)10-5-6-13(12(15)7-10)20-11-8-17-18(4-2)9-11/h5-9H,3-4,15H2,1-2H3,(H,16,19). The maximum atomic E-state index is 11.7. The van der Waals surface area contributed by atoms with E-state index in [1.54, 1.807) is 35.3 Å². The molecule has 0 unspecified atom stereocenters. The Balaban J connectivity index is 2.15. The van der Waals surface area contributed by atoms with Crippen LogP contribution in [0.25, 0.3) is 0 Å². The highest BCUT2D eigenvalue weighted by atomic mass is 16.5. The normalized spacial score (nSPS) is 10.3. The molecule has 0 saturated heterocycles. The van der Waals surface area contributed by atoms with Crippen molar-refractivity contribution in [3.63, 3.8) is 0 Å². The van der Waals surface area contributed by atoms with Crippen LogP contribution in [0.3, 0.4) is 0 Å². The van der Waals surface area contributed by atoms with Crippen LogP contribution in [0.4, 0.5) is 5.69 Å². The van der Waals surface area contributed by atoms with Crippen molar-refractivity contribution in [2.45, 2.75) is 20.4 Å². The van der Waals surface area contributed by atoms with Gasteiger partial charge in [0.2, 0.25) is 0 Å². The monoisotopic (exact) mass is 274 g/mol. The van der Waals surface area contributed by atoms with E-state index in [1.165, 1.54) is 0 Å². The summed E-state index contributed by atoms with van der Waals surface area (Å²) in [7, 11) is 0. The zero-order valence-corrected chi connectivity index (χ0v) is 11.6. The summed E-state index contributed by atoms with van der Waals surface area (Å²) in [6, 6.07) is 4.97. The minimum atomic E-state index is -0.149. The van der Waals surface area contributed by atoms with Crippen LogP contribution in [0.1, 0.15) is 24.2 Å². The Bertz CT molecular complexity index is 607. The minimum Gasteiger partial charge on any atom is -0.452 e. The smallest absolute Gasteiger partial charge is 0.251 e. The molecule has 6 heteroatoms. The lowest BCUT2D eigenvalue weighted by atomic mass is 10.2. The molecule has 1 amide bonds. The number of benzene rings is 1. The number of aryl methyl sites for hydroxylation is 1. The number of nitrogens with two attached hydrogens (primary N) is 1. The van der Waals surface area contributed by atoms with Crippen LogP contribution in [0.5, 0.6) is 11.5 Å². The van der Waals surface area contributed by atoms with Crippen molar-refractivity contribution >= 4 is 11.6 Å². The molecule has 1 heterocycles. The molecule has 6 nitrogen and oxygen atoms in total. The van der Waals surface area contributed by atoms with Crippen LogP contribution in [0.15, 0.2) is 30.6 Å². The van der Waals surface area contributed by atoms with Gasteiger partial charge >= 0.3 is 0 Å². The van der Waals surface area contributed by atoms with Gasteiger partial charge in [0.1, 0.15) is 0 Å². The van der Waals surface area contributed by atoms with Crippen molar-refractivity contribution < 1.29 is 9.53 Å². The summed E-state index contributed by atoms with van der Waals surface area (Å²) >= 11 is 0. The van der Waals surface area contributed by atoms with Crippen LogP contribution >= 0.6 is 0 Å². The predicted molar refractivity (Wildman–Crippen MR) is 76.8 cm³/mol. The Kier molecular flexibility index (Phi) is 4.24. The lowest BCUT2D eigenvalue weighted by Gasteiger charge is -2.08. The lowest BCUT2D eigenvalue weighted by Crippen LogP contribution is -2.22. The van der Waals surface area contributed by atoms with Crippen molar-refractivity contribution in [2.24, 2.45) is 0 Å². The Morgan fingerprint density at radius 2 is 2.25 bits per heavy atom. The zero-order valence-electron chi connectivity index (χ0n) is 11.6. The summed E-state index contributed by atoms with van der Waals surface area (Å²) in [5.41, 5.74) is 6.84. The molecule has 0 aliphatic carbocycles. The van der Waals surface area contributed by atoms with Crippen LogP contribution in [0, 0.1) is 0 Å². The van der Waals surface area contributed by atoms with Crippen LogP contribution in [-0.4, -0.2) is 22.2 Å². The van der Waals surface area contributed by atoms with Gasteiger partial charge in [0.15, 0.2) is 11.5 Å². The van der Waals surface area contributed by atoms with Gasteiger partial charge < -0.3 is 15.8 Å². The summed E-state index contributed by atoms with van der Waals surface area (Å²) in [5, 5.41) is 6.84. The van der Waals surface area contributed by atoms with Gasteiger partial charge in [0.25, 0.3) is 5.91 Å². The summed E-state index contributed by atoms with van der Waals surface area (Å²) in [6.45, 7) is 5.21. The van der Waals surface area contributed by atoms with E-state index in [0.717, 1.165) is 6.54 Å². The van der Waals surface area contributed by atoms with Gasteiger partial charge in [0, 0.05) is 18.7 Å². The molecule has 1 aromatic heterocycles. The molecule has 0 spiro atoms. The number of ether oxygens (including phenoxy) is 1. The fraction of sp³-hybridized carbons (Fsp3) is 0.286. The largest absolute Gasteiger partial charge is 0.452 e. The van der Waals surface area contributed by atoms with Gasteiger partial charge in [-0.2, -0.15) is 5.10 Å². The van der Waals surface area contributed by atoms with E-state index in [-0.39, 0.29) is 5.91 Å². The second-order valence-electron chi connectivity index (χ2n) is 4.25. The first kappa shape index (κ1) is 13.9. The highest BCUT2D eigenvalue weighted by molar-refractivity contribution is 5.95. The molecule has 0 saturated carbocycles. The second-order valence-corrected chi connectivity index (χ2v) is 4.25. The summed E-state index contributed by atoms with van der Waals surface area (Å²) in [5.74, 6) is 0.975. The molecular weight excluding hydrogens is 256 g/mol. The molecule has 2 rings (SSSR count). The number of nitrogen functional groups attached to an aromatic ring is 1. The van der Waals surface area contributed by atoms with Gasteiger partial charge in [0.05, 0.1) is 18.1 Å². The van der Waals surface area contributed by atoms with Gasteiger partial charge in [-0.3, -0.25) is 9.48 Å². The number of carbonyl (C=O) groups excluding carboxylic acids is 1. The quantitative estimate of drug-likeness (QED) is 0.817. The third-order valence-corrected chi connectivity index (χ3v) is 2.77. The average molecular weight is 274 g/mol. The number of rotatable bonds is 5. The first-order valence-electron chi connectivity index (χ1n) is 6.52. The second kappa shape index (κ2) is 6.10. The zero-order chi connectivity index (χ0) is 14.5. The molecule has 0 atom stereocenters. The van der Waals surface area contributed by atoms with E-state index in [2.05, 4.69) is 10.4 Å². The van der Waals surface area contributed by atoms with Crippen molar-refractivity contribution in [2.75, 3.05) is 12.3 Å². The first-order chi connectivity index (χ1) is 9.63. The molecule has 0 bridgehead atoms. The Hall–Kier alpha value is -2.50. The van der Waals surface area contributed by atoms with Gasteiger partial charge in [-0.05, 0) is 32.0 Å². The van der Waals surface area contributed by atoms with E-state index < -0.39 is 0 Å². The van der Waals surface area contributed by atoms with Gasteiger partial charge in [-0.25, -0.2) is 0 Å². The molecule has 0 radical (unpaired) electrons. The maximum Gasteiger partial charge on any atom is 0.251 e. The topological polar surface area (TPSA) is 82.2 Å². The fourth-order valence-electron chi connectivity index (χ4n) is 1.74. The van der Waals surface area contributed by atoms with E-state index in [0.29, 0.717) is 29.3 Å². The fourth-order valence-corrected chi connectivity index (χ4v) is 1.74. The molecule has 2 aromatic rings. The number of amides is 1. The van der Waals surface area contributed by atoms with E-state index in [1.807, 2.05) is 13.8 Å². The van der Waals surface area contributed by atoms with Crippen LogP contribution < -0.4 is 15.8 Å². The molecule has 0 aliphatic rings. The van der Waals surface area contributed by atoms with Gasteiger partial charge in [-0.1, -0.05) is 0 Å². The molecule has 0 aliphatic heterocycles. The number of hydrogen-bond donors (Lipinski definition) is 2.